The number of anilines is 1. The molecule has 0 aliphatic rings. The first kappa shape index (κ1) is 14.2. The van der Waals surface area contributed by atoms with Crippen molar-refractivity contribution in [1.82, 2.24) is 0 Å². The number of halogens is 1. The van der Waals surface area contributed by atoms with Crippen molar-refractivity contribution in [1.29, 1.82) is 0 Å². The van der Waals surface area contributed by atoms with E-state index in [9.17, 15) is 9.18 Å². The fraction of sp³-hybridized carbons (Fsp3) is 0.308. The van der Waals surface area contributed by atoms with Crippen molar-refractivity contribution < 1.29 is 19.0 Å². The largest absolute Gasteiger partial charge is 0.384 e. The highest BCUT2D eigenvalue weighted by Crippen LogP contribution is 2.14. The SMILES string of the molecule is COCCC(=O)Nc1ccc(F)c(C#CCO)c1. The van der Waals surface area contributed by atoms with Gasteiger partial charge in [0.2, 0.25) is 5.91 Å². The number of benzene rings is 1. The number of amides is 1. The lowest BCUT2D eigenvalue weighted by Crippen LogP contribution is -2.13. The number of rotatable bonds is 4. The predicted octanol–water partition coefficient (Wildman–Crippen LogP) is 1.14. The summed E-state index contributed by atoms with van der Waals surface area (Å²) in [4.78, 5) is 11.4. The van der Waals surface area contributed by atoms with Crippen LogP contribution in [0.3, 0.4) is 0 Å². The van der Waals surface area contributed by atoms with E-state index in [1.807, 2.05) is 0 Å². The maximum Gasteiger partial charge on any atom is 0.226 e. The molecule has 0 aliphatic heterocycles. The zero-order chi connectivity index (χ0) is 13.4. The fourth-order valence-electron chi connectivity index (χ4n) is 1.25. The van der Waals surface area contributed by atoms with Gasteiger partial charge in [-0.05, 0) is 18.2 Å². The van der Waals surface area contributed by atoms with E-state index in [1.54, 1.807) is 0 Å². The lowest BCUT2D eigenvalue weighted by Gasteiger charge is -2.05. The van der Waals surface area contributed by atoms with E-state index in [2.05, 4.69) is 17.2 Å². The van der Waals surface area contributed by atoms with Crippen LogP contribution >= 0.6 is 0 Å². The third-order valence-corrected chi connectivity index (χ3v) is 2.09. The van der Waals surface area contributed by atoms with E-state index in [0.717, 1.165) is 0 Å². The summed E-state index contributed by atoms with van der Waals surface area (Å²) in [7, 11) is 1.51. The van der Waals surface area contributed by atoms with E-state index in [-0.39, 0.29) is 24.5 Å². The topological polar surface area (TPSA) is 58.6 Å². The summed E-state index contributed by atoms with van der Waals surface area (Å²) >= 11 is 0. The van der Waals surface area contributed by atoms with Gasteiger partial charge in [0.25, 0.3) is 0 Å². The minimum Gasteiger partial charge on any atom is -0.384 e. The molecule has 1 aromatic rings. The van der Waals surface area contributed by atoms with Gasteiger partial charge in [-0.25, -0.2) is 4.39 Å². The van der Waals surface area contributed by atoms with Crippen molar-refractivity contribution in [2.75, 3.05) is 25.6 Å². The molecule has 0 atom stereocenters. The molecule has 0 aliphatic carbocycles. The molecule has 0 radical (unpaired) electrons. The zero-order valence-corrected chi connectivity index (χ0v) is 10.00. The van der Waals surface area contributed by atoms with Gasteiger partial charge >= 0.3 is 0 Å². The van der Waals surface area contributed by atoms with Crippen LogP contribution in [0.5, 0.6) is 0 Å². The van der Waals surface area contributed by atoms with Gasteiger partial charge in [0.05, 0.1) is 18.6 Å². The number of carbonyl (C=O) groups excluding carboxylic acids is 1. The highest BCUT2D eigenvalue weighted by molar-refractivity contribution is 5.90. The van der Waals surface area contributed by atoms with Crippen molar-refractivity contribution >= 4 is 11.6 Å². The van der Waals surface area contributed by atoms with Gasteiger partial charge in [-0.2, -0.15) is 0 Å². The molecular weight excluding hydrogens is 237 g/mol. The number of nitrogens with one attached hydrogen (secondary N) is 1. The summed E-state index contributed by atoms with van der Waals surface area (Å²) in [5, 5.41) is 11.2. The maximum atomic E-state index is 13.3. The summed E-state index contributed by atoms with van der Waals surface area (Å²) in [5.74, 6) is 4.11. The van der Waals surface area contributed by atoms with Crippen molar-refractivity contribution in [3.63, 3.8) is 0 Å². The van der Waals surface area contributed by atoms with Gasteiger partial charge in [0.15, 0.2) is 0 Å². The molecule has 0 spiro atoms. The molecule has 96 valence electrons. The molecule has 1 amide bonds. The molecule has 0 fully saturated rings. The van der Waals surface area contributed by atoms with Crippen LogP contribution in [0.25, 0.3) is 0 Å². The zero-order valence-electron chi connectivity index (χ0n) is 10.00. The highest BCUT2D eigenvalue weighted by atomic mass is 19.1. The molecule has 1 rings (SSSR count). The molecule has 18 heavy (non-hydrogen) atoms. The number of hydrogen-bond acceptors (Lipinski definition) is 3. The Kier molecular flexibility index (Phi) is 5.85. The van der Waals surface area contributed by atoms with E-state index >= 15 is 0 Å². The Hall–Kier alpha value is -1.90. The molecule has 2 N–H and O–H groups in total. The van der Waals surface area contributed by atoms with Gasteiger partial charge in [-0.3, -0.25) is 4.79 Å². The van der Waals surface area contributed by atoms with Crippen LogP contribution < -0.4 is 5.32 Å². The molecule has 0 aromatic heterocycles. The summed E-state index contributed by atoms with van der Waals surface area (Å²) in [6, 6.07) is 4.08. The quantitative estimate of drug-likeness (QED) is 0.789. The molecule has 0 saturated carbocycles. The standard InChI is InChI=1S/C13H14FNO3/c1-18-8-6-13(17)15-11-4-5-12(14)10(9-11)3-2-7-16/h4-5,9,16H,6-8H2,1H3,(H,15,17). The molecule has 0 bridgehead atoms. The predicted molar refractivity (Wildman–Crippen MR) is 65.5 cm³/mol. The smallest absolute Gasteiger partial charge is 0.226 e. The van der Waals surface area contributed by atoms with E-state index in [4.69, 9.17) is 9.84 Å². The number of hydrogen-bond donors (Lipinski definition) is 2. The van der Waals surface area contributed by atoms with Crippen molar-refractivity contribution in [2.24, 2.45) is 0 Å². The number of carbonyl (C=O) groups is 1. The minimum absolute atomic E-state index is 0.133. The Balaban J connectivity index is 2.75. The fourth-order valence-corrected chi connectivity index (χ4v) is 1.25. The lowest BCUT2D eigenvalue weighted by atomic mass is 10.2. The molecule has 1 aromatic carbocycles. The van der Waals surface area contributed by atoms with Gasteiger partial charge in [0, 0.05) is 12.8 Å². The minimum atomic E-state index is -0.495. The van der Waals surface area contributed by atoms with Crippen LogP contribution in [0.2, 0.25) is 0 Å². The van der Waals surface area contributed by atoms with Gasteiger partial charge < -0.3 is 15.2 Å². The van der Waals surface area contributed by atoms with Crippen molar-refractivity contribution in [2.45, 2.75) is 6.42 Å². The maximum absolute atomic E-state index is 13.3. The van der Waals surface area contributed by atoms with Gasteiger partial charge in [-0.15, -0.1) is 0 Å². The molecule has 5 heteroatoms. The summed E-state index contributed by atoms with van der Waals surface area (Å²) in [6.07, 6.45) is 0.228. The first-order valence-corrected chi connectivity index (χ1v) is 5.35. The molecular formula is C13H14FNO3. The Morgan fingerprint density at radius 2 is 2.33 bits per heavy atom. The van der Waals surface area contributed by atoms with Gasteiger partial charge in [0.1, 0.15) is 12.4 Å². The normalized spacial score (nSPS) is 9.50. The van der Waals surface area contributed by atoms with Crippen LogP contribution in [0.4, 0.5) is 10.1 Å². The van der Waals surface area contributed by atoms with Gasteiger partial charge in [-0.1, -0.05) is 11.8 Å². The molecule has 0 heterocycles. The average molecular weight is 251 g/mol. The monoisotopic (exact) mass is 251 g/mol. The van der Waals surface area contributed by atoms with Crippen LogP contribution in [-0.4, -0.2) is 31.3 Å². The van der Waals surface area contributed by atoms with E-state index in [0.29, 0.717) is 12.3 Å². The second-order valence-corrected chi connectivity index (χ2v) is 3.45. The Morgan fingerprint density at radius 1 is 1.56 bits per heavy atom. The van der Waals surface area contributed by atoms with E-state index in [1.165, 1.54) is 25.3 Å². The Morgan fingerprint density at radius 3 is 3.00 bits per heavy atom. The van der Waals surface area contributed by atoms with Crippen molar-refractivity contribution in [3.8, 4) is 11.8 Å². The first-order valence-electron chi connectivity index (χ1n) is 5.35. The molecule has 4 nitrogen and oxygen atoms in total. The van der Waals surface area contributed by atoms with Crippen LogP contribution in [0.1, 0.15) is 12.0 Å². The second-order valence-electron chi connectivity index (χ2n) is 3.45. The van der Waals surface area contributed by atoms with Crippen molar-refractivity contribution in [3.05, 3.63) is 29.6 Å². The number of ether oxygens (including phenoxy) is 1. The summed E-state index contributed by atoms with van der Waals surface area (Å²) in [5.41, 5.74) is 0.591. The second kappa shape index (κ2) is 7.43. The van der Waals surface area contributed by atoms with E-state index < -0.39 is 5.82 Å². The third-order valence-electron chi connectivity index (χ3n) is 2.09. The van der Waals surface area contributed by atoms with Crippen LogP contribution in [0, 0.1) is 17.7 Å². The number of methoxy groups -OCH3 is 1. The lowest BCUT2D eigenvalue weighted by molar-refractivity contribution is -0.117. The third kappa shape index (κ3) is 4.53. The Bertz CT molecular complexity index is 477. The van der Waals surface area contributed by atoms with Crippen LogP contribution in [0.15, 0.2) is 18.2 Å². The first-order chi connectivity index (χ1) is 8.67. The van der Waals surface area contributed by atoms with Crippen LogP contribution in [-0.2, 0) is 9.53 Å². The summed E-state index contributed by atoms with van der Waals surface area (Å²) < 4.78 is 18.1. The summed E-state index contributed by atoms with van der Waals surface area (Å²) in [6.45, 7) is -0.0198. The number of aliphatic hydroxyl groups excluding tert-OH is 1. The highest BCUT2D eigenvalue weighted by Gasteiger charge is 2.05. The molecule has 0 saturated heterocycles. The Labute approximate surface area is 105 Å². The average Bonchev–Trinajstić information content (AvgIpc) is 2.37. The number of aliphatic hydroxyl groups is 1. The molecule has 0 unspecified atom stereocenters.